The standard InChI is InChI=1S/C36H40ClN3O5S/c1-5-27(3)38-36(42)34(22-28-13-8-6-9-14-28)39(24-29-15-12-16-31(21-29)45-4)35(41)25-40(30-20-19-26(2)33(37)23-30)46(43,44)32-17-10-7-11-18-32/h6-21,23,27,34H,5,22,24-25H2,1-4H3,(H,38,42)/t27-,34-/m1/s1. The van der Waals surface area contributed by atoms with E-state index in [0.717, 1.165) is 21.0 Å². The molecule has 0 unspecified atom stereocenters. The first-order valence-electron chi connectivity index (χ1n) is 15.1. The molecular weight excluding hydrogens is 622 g/mol. The Kier molecular flexibility index (Phi) is 11.8. The molecule has 0 saturated carbocycles. The summed E-state index contributed by atoms with van der Waals surface area (Å²) >= 11 is 6.45. The molecule has 2 atom stereocenters. The van der Waals surface area contributed by atoms with Crippen LogP contribution in [0.15, 0.2) is 108 Å². The van der Waals surface area contributed by atoms with Crippen LogP contribution in [0.1, 0.15) is 37.0 Å². The van der Waals surface area contributed by atoms with Crippen molar-refractivity contribution in [1.82, 2.24) is 10.2 Å². The van der Waals surface area contributed by atoms with Crippen molar-refractivity contribution in [2.75, 3.05) is 18.0 Å². The van der Waals surface area contributed by atoms with E-state index >= 15 is 0 Å². The Labute approximate surface area is 277 Å². The molecule has 4 aromatic rings. The number of carbonyl (C=O) groups excluding carboxylic acids is 2. The van der Waals surface area contributed by atoms with Gasteiger partial charge in [0.15, 0.2) is 0 Å². The quantitative estimate of drug-likeness (QED) is 0.169. The molecule has 0 spiro atoms. The second-order valence-corrected chi connectivity index (χ2v) is 13.4. The van der Waals surface area contributed by atoms with E-state index in [9.17, 15) is 18.0 Å². The lowest BCUT2D eigenvalue weighted by molar-refractivity contribution is -0.140. The number of carbonyl (C=O) groups is 2. The van der Waals surface area contributed by atoms with Crippen molar-refractivity contribution in [2.45, 2.75) is 57.1 Å². The van der Waals surface area contributed by atoms with Gasteiger partial charge in [0.1, 0.15) is 18.3 Å². The normalized spacial score (nSPS) is 12.5. The van der Waals surface area contributed by atoms with Crippen LogP contribution in [-0.4, -0.2) is 50.9 Å². The number of halogens is 1. The molecule has 0 heterocycles. The Morgan fingerprint density at radius 1 is 0.891 bits per heavy atom. The second-order valence-electron chi connectivity index (χ2n) is 11.2. The first-order valence-corrected chi connectivity index (χ1v) is 17.0. The number of ether oxygens (including phenoxy) is 1. The molecule has 2 amide bonds. The predicted molar refractivity (Wildman–Crippen MR) is 183 cm³/mol. The monoisotopic (exact) mass is 661 g/mol. The smallest absolute Gasteiger partial charge is 0.264 e. The van der Waals surface area contributed by atoms with Crippen LogP contribution in [0, 0.1) is 6.92 Å². The molecule has 0 aliphatic heterocycles. The zero-order valence-corrected chi connectivity index (χ0v) is 28.1. The molecule has 0 aliphatic carbocycles. The minimum absolute atomic E-state index is 0.0224. The summed E-state index contributed by atoms with van der Waals surface area (Å²) in [6.07, 6.45) is 0.922. The SMILES string of the molecule is CC[C@@H](C)NC(=O)[C@@H](Cc1ccccc1)N(Cc1cccc(OC)c1)C(=O)CN(c1ccc(C)c(Cl)c1)S(=O)(=O)c1ccccc1. The third-order valence-corrected chi connectivity index (χ3v) is 10.0. The summed E-state index contributed by atoms with van der Waals surface area (Å²) in [7, 11) is -2.66. The van der Waals surface area contributed by atoms with Crippen molar-refractivity contribution in [3.05, 3.63) is 125 Å². The van der Waals surface area contributed by atoms with Gasteiger partial charge < -0.3 is 15.0 Å². The van der Waals surface area contributed by atoms with E-state index in [1.807, 2.05) is 63.2 Å². The number of sulfonamides is 1. The molecule has 0 saturated heterocycles. The van der Waals surface area contributed by atoms with E-state index in [-0.39, 0.29) is 35.5 Å². The minimum atomic E-state index is -4.22. The summed E-state index contributed by atoms with van der Waals surface area (Å²) in [6.45, 7) is 5.15. The number of anilines is 1. The number of hydrogen-bond donors (Lipinski definition) is 1. The van der Waals surface area contributed by atoms with Gasteiger partial charge in [-0.15, -0.1) is 0 Å². The fraction of sp³-hybridized carbons (Fsp3) is 0.278. The van der Waals surface area contributed by atoms with E-state index in [1.54, 1.807) is 49.6 Å². The average molecular weight is 662 g/mol. The Hall–Kier alpha value is -4.34. The highest BCUT2D eigenvalue weighted by molar-refractivity contribution is 7.92. The Balaban J connectivity index is 1.83. The molecule has 46 heavy (non-hydrogen) atoms. The van der Waals surface area contributed by atoms with Crippen LogP contribution in [-0.2, 0) is 32.6 Å². The largest absolute Gasteiger partial charge is 0.497 e. The summed E-state index contributed by atoms with van der Waals surface area (Å²) < 4.78 is 34.7. The number of methoxy groups -OCH3 is 1. The number of nitrogens with zero attached hydrogens (tertiary/aromatic N) is 2. The number of hydrogen-bond acceptors (Lipinski definition) is 5. The molecule has 0 bridgehead atoms. The van der Waals surface area contributed by atoms with Gasteiger partial charge in [-0.05, 0) is 73.4 Å². The zero-order chi connectivity index (χ0) is 33.3. The Bertz CT molecular complexity index is 1740. The lowest BCUT2D eigenvalue weighted by atomic mass is 10.0. The van der Waals surface area contributed by atoms with Crippen molar-refractivity contribution >= 4 is 39.1 Å². The zero-order valence-electron chi connectivity index (χ0n) is 26.5. The van der Waals surface area contributed by atoms with Crippen molar-refractivity contribution in [3.8, 4) is 5.75 Å². The Morgan fingerprint density at radius 3 is 2.17 bits per heavy atom. The van der Waals surface area contributed by atoms with Gasteiger partial charge in [-0.2, -0.15) is 0 Å². The van der Waals surface area contributed by atoms with Gasteiger partial charge in [-0.1, -0.05) is 85.3 Å². The van der Waals surface area contributed by atoms with Crippen molar-refractivity contribution in [2.24, 2.45) is 0 Å². The average Bonchev–Trinajstić information content (AvgIpc) is 3.07. The number of rotatable bonds is 14. The fourth-order valence-electron chi connectivity index (χ4n) is 4.95. The van der Waals surface area contributed by atoms with Gasteiger partial charge in [0, 0.05) is 24.0 Å². The van der Waals surface area contributed by atoms with Crippen LogP contribution in [0.2, 0.25) is 5.02 Å². The molecule has 8 nitrogen and oxygen atoms in total. The highest BCUT2D eigenvalue weighted by Crippen LogP contribution is 2.29. The van der Waals surface area contributed by atoms with Crippen molar-refractivity contribution in [3.63, 3.8) is 0 Å². The van der Waals surface area contributed by atoms with Crippen molar-refractivity contribution in [1.29, 1.82) is 0 Å². The number of aryl methyl sites for hydroxylation is 1. The van der Waals surface area contributed by atoms with Crippen molar-refractivity contribution < 1.29 is 22.7 Å². The summed E-state index contributed by atoms with van der Waals surface area (Å²) in [5.74, 6) is -0.291. The van der Waals surface area contributed by atoms with Crippen LogP contribution in [0.4, 0.5) is 5.69 Å². The molecule has 0 fully saturated rings. The van der Waals surface area contributed by atoms with E-state index in [1.165, 1.54) is 23.1 Å². The number of amides is 2. The fourth-order valence-corrected chi connectivity index (χ4v) is 6.55. The molecule has 1 N–H and O–H groups in total. The number of benzene rings is 4. The highest BCUT2D eigenvalue weighted by atomic mass is 35.5. The number of nitrogens with one attached hydrogen (secondary N) is 1. The topological polar surface area (TPSA) is 96.0 Å². The van der Waals surface area contributed by atoms with Gasteiger partial charge >= 0.3 is 0 Å². The van der Waals surface area contributed by atoms with Crippen LogP contribution in [0.3, 0.4) is 0 Å². The van der Waals surface area contributed by atoms with E-state index in [0.29, 0.717) is 17.2 Å². The third kappa shape index (κ3) is 8.68. The van der Waals surface area contributed by atoms with Gasteiger partial charge in [-0.25, -0.2) is 8.42 Å². The lowest BCUT2D eigenvalue weighted by Gasteiger charge is -2.34. The molecule has 4 aromatic carbocycles. The highest BCUT2D eigenvalue weighted by Gasteiger charge is 2.35. The predicted octanol–water partition coefficient (Wildman–Crippen LogP) is 6.41. The molecule has 4 rings (SSSR count). The van der Waals surface area contributed by atoms with Crippen LogP contribution in [0.25, 0.3) is 0 Å². The maximum absolute atomic E-state index is 14.6. The first kappa shape index (κ1) is 34.5. The first-order chi connectivity index (χ1) is 22.0. The third-order valence-electron chi connectivity index (χ3n) is 7.81. The molecular formula is C36H40ClN3O5S. The van der Waals surface area contributed by atoms with Crippen LogP contribution >= 0.6 is 11.6 Å². The van der Waals surface area contributed by atoms with E-state index < -0.39 is 28.5 Å². The van der Waals surface area contributed by atoms with Crippen LogP contribution < -0.4 is 14.4 Å². The second kappa shape index (κ2) is 15.8. The van der Waals surface area contributed by atoms with Gasteiger partial charge in [0.05, 0.1) is 17.7 Å². The summed E-state index contributed by atoms with van der Waals surface area (Å²) in [5, 5.41) is 3.40. The minimum Gasteiger partial charge on any atom is -0.497 e. The van der Waals surface area contributed by atoms with E-state index in [4.69, 9.17) is 16.3 Å². The molecule has 0 aliphatic rings. The molecule has 242 valence electrons. The molecule has 0 radical (unpaired) electrons. The summed E-state index contributed by atoms with van der Waals surface area (Å²) in [6, 6.07) is 28.4. The maximum atomic E-state index is 14.6. The molecule has 0 aromatic heterocycles. The van der Waals surface area contributed by atoms with Gasteiger partial charge in [-0.3, -0.25) is 13.9 Å². The van der Waals surface area contributed by atoms with Gasteiger partial charge in [0.2, 0.25) is 11.8 Å². The summed E-state index contributed by atoms with van der Waals surface area (Å²) in [5.41, 5.74) is 2.57. The Morgan fingerprint density at radius 2 is 1.54 bits per heavy atom. The van der Waals surface area contributed by atoms with E-state index in [2.05, 4.69) is 5.32 Å². The van der Waals surface area contributed by atoms with Crippen LogP contribution in [0.5, 0.6) is 5.75 Å². The summed E-state index contributed by atoms with van der Waals surface area (Å²) in [4.78, 5) is 30.0. The maximum Gasteiger partial charge on any atom is 0.264 e. The van der Waals surface area contributed by atoms with Gasteiger partial charge in [0.25, 0.3) is 10.0 Å². The molecule has 10 heteroatoms. The lowest BCUT2D eigenvalue weighted by Crippen LogP contribution is -2.54.